The maximum atomic E-state index is 12.7. The van der Waals surface area contributed by atoms with Crippen molar-refractivity contribution in [1.82, 2.24) is 0 Å². The molecule has 31 heavy (non-hydrogen) atoms. The smallest absolute Gasteiger partial charge is 0.269 e. The van der Waals surface area contributed by atoms with Crippen molar-refractivity contribution in [3.05, 3.63) is 104 Å². The monoisotopic (exact) mass is 455 g/mol. The first-order valence-corrected chi connectivity index (χ1v) is 9.68. The molecule has 0 fully saturated rings. The Kier molecular flexibility index (Phi) is 7.02. The van der Waals surface area contributed by atoms with Gasteiger partial charge in [0.2, 0.25) is 5.91 Å². The lowest BCUT2D eigenvalue weighted by Crippen LogP contribution is -2.17. The normalized spacial score (nSPS) is 10.6. The van der Waals surface area contributed by atoms with Crippen LogP contribution in [0.25, 0.3) is 6.08 Å². The topological polar surface area (TPSA) is 101 Å². The Morgan fingerprint density at radius 3 is 2.29 bits per heavy atom. The predicted octanol–water partition coefficient (Wildman–Crippen LogP) is 5.81. The highest BCUT2D eigenvalue weighted by Crippen LogP contribution is 2.26. The predicted molar refractivity (Wildman–Crippen MR) is 122 cm³/mol. The maximum absolute atomic E-state index is 12.7. The molecule has 9 heteroatoms. The minimum atomic E-state index is -0.501. The quantitative estimate of drug-likeness (QED) is 0.278. The second-order valence-corrected chi connectivity index (χ2v) is 7.14. The van der Waals surface area contributed by atoms with Crippen LogP contribution in [0.3, 0.4) is 0 Å². The van der Waals surface area contributed by atoms with Gasteiger partial charge in [-0.2, -0.15) is 0 Å². The summed E-state index contributed by atoms with van der Waals surface area (Å²) in [6, 6.07) is 16.9. The van der Waals surface area contributed by atoms with Crippen LogP contribution in [0.1, 0.15) is 15.9 Å². The highest BCUT2D eigenvalue weighted by molar-refractivity contribution is 6.36. The highest BCUT2D eigenvalue weighted by Gasteiger charge is 2.14. The van der Waals surface area contributed by atoms with E-state index in [1.165, 1.54) is 42.5 Å². The van der Waals surface area contributed by atoms with E-state index >= 15 is 0 Å². The number of nitrogens with zero attached hydrogens (tertiary/aromatic N) is 1. The van der Waals surface area contributed by atoms with Crippen LogP contribution < -0.4 is 10.6 Å². The van der Waals surface area contributed by atoms with Crippen molar-refractivity contribution in [2.24, 2.45) is 0 Å². The van der Waals surface area contributed by atoms with Crippen molar-refractivity contribution in [2.75, 3.05) is 10.6 Å². The molecule has 0 heterocycles. The van der Waals surface area contributed by atoms with Crippen LogP contribution in [0.15, 0.2) is 72.8 Å². The summed E-state index contributed by atoms with van der Waals surface area (Å²) >= 11 is 12.0. The van der Waals surface area contributed by atoms with E-state index in [9.17, 15) is 19.7 Å². The zero-order valence-electron chi connectivity index (χ0n) is 15.8. The highest BCUT2D eigenvalue weighted by atomic mass is 35.5. The van der Waals surface area contributed by atoms with Crippen LogP contribution in [-0.2, 0) is 4.79 Å². The molecule has 0 saturated carbocycles. The number of halogens is 2. The van der Waals surface area contributed by atoms with Gasteiger partial charge in [-0.15, -0.1) is 0 Å². The van der Waals surface area contributed by atoms with Gasteiger partial charge in [-0.1, -0.05) is 35.3 Å². The molecule has 0 aliphatic rings. The first kappa shape index (κ1) is 22.0. The molecule has 2 N–H and O–H groups in total. The van der Waals surface area contributed by atoms with Crippen LogP contribution >= 0.6 is 23.2 Å². The van der Waals surface area contributed by atoms with Gasteiger partial charge in [-0.25, -0.2) is 0 Å². The number of amides is 2. The second-order valence-electron chi connectivity index (χ2n) is 6.30. The lowest BCUT2D eigenvalue weighted by molar-refractivity contribution is -0.384. The van der Waals surface area contributed by atoms with Gasteiger partial charge in [-0.05, 0) is 54.1 Å². The second kappa shape index (κ2) is 9.88. The molecular weight excluding hydrogens is 441 g/mol. The number of non-ortho nitro benzene ring substituents is 1. The number of carbonyl (C=O) groups excluding carboxylic acids is 2. The number of hydrogen-bond donors (Lipinski definition) is 2. The number of rotatable bonds is 6. The fourth-order valence-electron chi connectivity index (χ4n) is 2.62. The van der Waals surface area contributed by atoms with Gasteiger partial charge in [0, 0.05) is 23.2 Å². The molecule has 0 aliphatic carbocycles. The average molecular weight is 456 g/mol. The zero-order valence-corrected chi connectivity index (χ0v) is 17.4. The van der Waals surface area contributed by atoms with Crippen molar-refractivity contribution < 1.29 is 14.5 Å². The van der Waals surface area contributed by atoms with Crippen molar-refractivity contribution in [3.63, 3.8) is 0 Å². The molecular formula is C22H15Cl2N3O4. The summed E-state index contributed by atoms with van der Waals surface area (Å²) in [5, 5.41) is 16.8. The fraction of sp³-hybridized carbons (Fsp3) is 0. The van der Waals surface area contributed by atoms with Gasteiger partial charge < -0.3 is 10.6 Å². The summed E-state index contributed by atoms with van der Waals surface area (Å²) in [4.78, 5) is 35.2. The van der Waals surface area contributed by atoms with Gasteiger partial charge in [0.05, 0.1) is 26.9 Å². The Morgan fingerprint density at radius 2 is 1.61 bits per heavy atom. The molecule has 3 rings (SSSR count). The van der Waals surface area contributed by atoms with E-state index in [2.05, 4.69) is 10.6 Å². The van der Waals surface area contributed by atoms with Crippen molar-refractivity contribution in [3.8, 4) is 0 Å². The van der Waals surface area contributed by atoms with E-state index < -0.39 is 16.7 Å². The first-order valence-electron chi connectivity index (χ1n) is 8.92. The molecule has 0 saturated heterocycles. The lowest BCUT2D eigenvalue weighted by Gasteiger charge is -2.11. The Bertz CT molecular complexity index is 1180. The molecule has 2 amide bonds. The molecule has 0 radical (unpaired) electrons. The van der Waals surface area contributed by atoms with E-state index in [1.54, 1.807) is 36.4 Å². The average Bonchev–Trinajstić information content (AvgIpc) is 2.75. The minimum Gasteiger partial charge on any atom is -0.322 e. The van der Waals surface area contributed by atoms with Crippen LogP contribution in [0, 0.1) is 10.1 Å². The molecule has 0 bridgehead atoms. The number of nitro groups is 1. The molecule has 0 atom stereocenters. The third-order valence-electron chi connectivity index (χ3n) is 4.14. The van der Waals surface area contributed by atoms with Crippen molar-refractivity contribution in [1.29, 1.82) is 0 Å². The van der Waals surface area contributed by atoms with Crippen molar-refractivity contribution >= 4 is 58.2 Å². The number of benzene rings is 3. The number of anilines is 2. The van der Waals surface area contributed by atoms with E-state index in [1.807, 2.05) is 0 Å². The third kappa shape index (κ3) is 5.91. The van der Waals surface area contributed by atoms with Gasteiger partial charge in [0.25, 0.3) is 11.6 Å². The zero-order chi connectivity index (χ0) is 22.4. The number of nitro benzene ring substituents is 1. The fourth-order valence-corrected chi connectivity index (χ4v) is 3.08. The van der Waals surface area contributed by atoms with Gasteiger partial charge in [0.15, 0.2) is 0 Å². The summed E-state index contributed by atoms with van der Waals surface area (Å²) in [7, 11) is 0. The Balaban J connectivity index is 1.71. The van der Waals surface area contributed by atoms with Crippen molar-refractivity contribution in [2.45, 2.75) is 0 Å². The largest absolute Gasteiger partial charge is 0.322 e. The van der Waals surface area contributed by atoms with E-state index in [4.69, 9.17) is 23.2 Å². The molecule has 0 aliphatic heterocycles. The summed E-state index contributed by atoms with van der Waals surface area (Å²) in [6.45, 7) is 0. The summed E-state index contributed by atoms with van der Waals surface area (Å²) in [5.41, 5.74) is 1.51. The van der Waals surface area contributed by atoms with Gasteiger partial charge in [-0.3, -0.25) is 19.7 Å². The summed E-state index contributed by atoms with van der Waals surface area (Å²) in [5.74, 6) is -0.928. The number of para-hydroxylation sites is 1. The Hall–Kier alpha value is -3.68. The molecule has 0 spiro atoms. The molecule has 0 unspecified atom stereocenters. The third-order valence-corrected chi connectivity index (χ3v) is 4.69. The lowest BCUT2D eigenvalue weighted by atomic mass is 10.1. The van der Waals surface area contributed by atoms with E-state index in [-0.39, 0.29) is 16.3 Å². The molecule has 3 aromatic carbocycles. The van der Waals surface area contributed by atoms with Gasteiger partial charge >= 0.3 is 0 Å². The maximum Gasteiger partial charge on any atom is 0.269 e. The van der Waals surface area contributed by atoms with Crippen LogP contribution in [-0.4, -0.2) is 16.7 Å². The SMILES string of the molecule is O=C(C=Cc1ccc([N+](=O)[O-])cc1)Nc1ccccc1C(=O)Nc1ccc(Cl)cc1Cl. The van der Waals surface area contributed by atoms with E-state index in [0.717, 1.165) is 0 Å². The summed E-state index contributed by atoms with van der Waals surface area (Å²) in [6.07, 6.45) is 2.78. The number of carbonyl (C=O) groups is 2. The first-order chi connectivity index (χ1) is 14.8. The molecule has 3 aromatic rings. The van der Waals surface area contributed by atoms with E-state index in [0.29, 0.717) is 22.0 Å². The molecule has 7 nitrogen and oxygen atoms in total. The summed E-state index contributed by atoms with van der Waals surface area (Å²) < 4.78 is 0. The van der Waals surface area contributed by atoms with Crippen LogP contribution in [0.4, 0.5) is 17.1 Å². The van der Waals surface area contributed by atoms with Gasteiger partial charge in [0.1, 0.15) is 0 Å². The molecule has 0 aromatic heterocycles. The number of hydrogen-bond acceptors (Lipinski definition) is 4. The number of nitrogens with one attached hydrogen (secondary N) is 2. The van der Waals surface area contributed by atoms with Crippen LogP contribution in [0.5, 0.6) is 0 Å². The Morgan fingerprint density at radius 1 is 0.903 bits per heavy atom. The standard InChI is InChI=1S/C22H15Cl2N3O4/c23-15-8-11-20(18(24)13-15)26-22(29)17-3-1-2-4-19(17)25-21(28)12-7-14-5-9-16(10-6-14)27(30)31/h1-13H,(H,25,28)(H,26,29). The Labute approximate surface area is 187 Å². The molecule has 156 valence electrons. The van der Waals surface area contributed by atoms with Crippen LogP contribution in [0.2, 0.25) is 10.0 Å². The minimum absolute atomic E-state index is 0.0395.